The van der Waals surface area contributed by atoms with Crippen molar-refractivity contribution < 1.29 is 18.5 Å². The van der Waals surface area contributed by atoms with Crippen LogP contribution in [0.3, 0.4) is 0 Å². The van der Waals surface area contributed by atoms with E-state index < -0.39 is 15.3 Å². The van der Waals surface area contributed by atoms with Crippen LogP contribution in [0, 0.1) is 17.8 Å². The summed E-state index contributed by atoms with van der Waals surface area (Å²) in [5, 5.41) is 0.452. The molecule has 1 spiro atoms. The number of nitrogens with zero attached hydrogens (tertiary/aromatic N) is 3. The van der Waals surface area contributed by atoms with Crippen molar-refractivity contribution in [2.45, 2.75) is 100 Å². The fourth-order valence-corrected chi connectivity index (χ4v) is 12.5. The maximum Gasteiger partial charge on any atom is 0.262 e. The minimum Gasteiger partial charge on any atom is -0.490 e. The van der Waals surface area contributed by atoms with Gasteiger partial charge in [-0.1, -0.05) is 49.6 Å². The fraction of sp³-hybridized carbons (Fsp3) is 0.636. The number of fused-ring (bicyclic) bond motifs is 5. The van der Waals surface area contributed by atoms with Gasteiger partial charge in [-0.3, -0.25) is 19.3 Å². The lowest BCUT2D eigenvalue weighted by Gasteiger charge is -2.53. The lowest BCUT2D eigenvalue weighted by atomic mass is 9.63. The Morgan fingerprint density at radius 2 is 1.91 bits per heavy atom. The van der Waals surface area contributed by atoms with Gasteiger partial charge in [0.2, 0.25) is 0 Å². The van der Waals surface area contributed by atoms with Gasteiger partial charge in [0.05, 0.1) is 22.0 Å². The molecule has 0 radical (unpaired) electrons. The van der Waals surface area contributed by atoms with Crippen LogP contribution in [0.4, 0.5) is 5.69 Å². The van der Waals surface area contributed by atoms with Crippen molar-refractivity contribution >= 4 is 38.8 Å². The third kappa shape index (κ3) is 7.37. The Morgan fingerprint density at radius 3 is 2.72 bits per heavy atom. The Kier molecular flexibility index (Phi) is 10.9. The van der Waals surface area contributed by atoms with Gasteiger partial charge < -0.3 is 14.4 Å². The number of allylic oxidation sites excluding steroid dienone is 1. The molecule has 2 aromatic rings. The minimum atomic E-state index is -2.95. The highest BCUT2D eigenvalue weighted by Crippen LogP contribution is 2.49. The van der Waals surface area contributed by atoms with E-state index in [0.29, 0.717) is 30.0 Å². The predicted molar refractivity (Wildman–Crippen MR) is 222 cm³/mol. The monoisotopic (exact) mass is 776 g/mol. The smallest absolute Gasteiger partial charge is 0.262 e. The van der Waals surface area contributed by atoms with Crippen LogP contribution in [0.25, 0.3) is 0 Å². The number of carbonyl (C=O) groups excluding carboxylic acids is 1. The largest absolute Gasteiger partial charge is 0.490 e. The topological polar surface area (TPSA) is 74.4 Å². The number of nitrogens with one attached hydrogen (secondary N) is 1. The van der Waals surface area contributed by atoms with Crippen molar-refractivity contribution in [2.24, 2.45) is 17.8 Å². The van der Waals surface area contributed by atoms with Gasteiger partial charge in [0.25, 0.3) is 5.91 Å². The number of hydrogen-bond donors (Lipinski definition) is 1. The van der Waals surface area contributed by atoms with Crippen molar-refractivity contribution in [1.82, 2.24) is 14.5 Å². The third-order valence-electron chi connectivity index (χ3n) is 14.4. The summed E-state index contributed by atoms with van der Waals surface area (Å²) in [7, 11) is -1.03. The summed E-state index contributed by atoms with van der Waals surface area (Å²) in [5.74, 6) is 5.30. The maximum absolute atomic E-state index is 14.1. The van der Waals surface area contributed by atoms with Crippen LogP contribution in [0.2, 0.25) is 5.02 Å². The fourth-order valence-electron chi connectivity index (χ4n) is 10.8. The number of benzene rings is 2. The van der Waals surface area contributed by atoms with Gasteiger partial charge in [0.15, 0.2) is 0 Å². The third-order valence-corrected chi connectivity index (χ3v) is 16.8. The number of halogens is 1. The van der Waals surface area contributed by atoms with E-state index in [4.69, 9.17) is 21.1 Å². The first kappa shape index (κ1) is 38.3. The number of piperazine rings is 1. The van der Waals surface area contributed by atoms with E-state index in [1.807, 2.05) is 38.3 Å². The van der Waals surface area contributed by atoms with Crippen molar-refractivity contribution in [3.05, 3.63) is 70.3 Å². The first-order valence-electron chi connectivity index (χ1n) is 20.7. The zero-order valence-electron chi connectivity index (χ0n) is 32.7. The summed E-state index contributed by atoms with van der Waals surface area (Å²) in [5.41, 5.74) is 3.38. The van der Waals surface area contributed by atoms with E-state index in [1.54, 1.807) is 0 Å². The highest BCUT2D eigenvalue weighted by atomic mass is 35.5. The molecule has 0 aromatic heterocycles. The molecule has 2 aromatic carbocycles. The molecule has 6 aliphatic rings. The summed E-state index contributed by atoms with van der Waals surface area (Å²) >= 11 is 6.54. The lowest BCUT2D eigenvalue weighted by molar-refractivity contribution is -0.0987. The second-order valence-corrected chi connectivity index (χ2v) is 20.5. The van der Waals surface area contributed by atoms with Gasteiger partial charge in [0, 0.05) is 73.7 Å². The molecule has 8 rings (SSSR count). The van der Waals surface area contributed by atoms with Crippen molar-refractivity contribution in [2.75, 3.05) is 64.4 Å². The molecule has 1 unspecified atom stereocenters. The van der Waals surface area contributed by atoms with Crippen LogP contribution < -0.4 is 14.4 Å². The molecule has 2 aliphatic carbocycles. The average Bonchev–Trinajstić information content (AvgIpc) is 3.47. The van der Waals surface area contributed by atoms with Crippen molar-refractivity contribution in [3.8, 4) is 5.75 Å². The van der Waals surface area contributed by atoms with Crippen LogP contribution in [0.1, 0.15) is 93.1 Å². The van der Waals surface area contributed by atoms with E-state index in [0.717, 1.165) is 94.3 Å². The molecule has 2 saturated heterocycles. The number of aryl methyl sites for hydroxylation is 1. The minimum absolute atomic E-state index is 0.0427. The van der Waals surface area contributed by atoms with Crippen LogP contribution >= 0.6 is 11.6 Å². The highest BCUT2D eigenvalue weighted by Gasteiger charge is 2.50. The molecule has 4 aliphatic heterocycles. The summed E-state index contributed by atoms with van der Waals surface area (Å²) in [6.07, 6.45) is 16.0. The van der Waals surface area contributed by atoms with Gasteiger partial charge in [-0.05, 0) is 130 Å². The normalized spacial score (nSPS) is 37.0. The van der Waals surface area contributed by atoms with Crippen LogP contribution in [-0.2, 0) is 26.3 Å². The molecule has 2 bridgehead atoms. The van der Waals surface area contributed by atoms with E-state index in [2.05, 4.69) is 56.5 Å². The lowest BCUT2D eigenvalue weighted by Crippen LogP contribution is -2.60. The Labute approximate surface area is 329 Å². The number of methoxy groups -OCH3 is 1. The second kappa shape index (κ2) is 15.4. The van der Waals surface area contributed by atoms with E-state index in [9.17, 15) is 9.00 Å². The molecule has 3 fully saturated rings. The molecule has 8 nitrogen and oxygen atoms in total. The van der Waals surface area contributed by atoms with Gasteiger partial charge in [-0.25, -0.2) is 4.21 Å². The SMILES string of the molecule is C=S1(=O)NC(=O)c2ccc3c(c2)N(C[C@@H]2CC[C@H]2[C@](CN2CCN4CCCCC[C@H]4C2)(OC)/C=C/C[C@H](C)[C@H]1C)C[C@@]1(CCCc2cc(Cl)ccc21)CO3. The molecular weight excluding hydrogens is 716 g/mol. The zero-order chi connectivity index (χ0) is 37.7. The van der Waals surface area contributed by atoms with Gasteiger partial charge >= 0.3 is 0 Å². The molecule has 1 N–H and O–H groups in total. The highest BCUT2D eigenvalue weighted by molar-refractivity contribution is 7.99. The number of ether oxygens (including phenoxy) is 2. The van der Waals surface area contributed by atoms with Crippen LogP contribution in [0.5, 0.6) is 5.75 Å². The van der Waals surface area contributed by atoms with Crippen molar-refractivity contribution in [3.63, 3.8) is 0 Å². The predicted octanol–water partition coefficient (Wildman–Crippen LogP) is 7.13. The van der Waals surface area contributed by atoms with Gasteiger partial charge in [-0.2, -0.15) is 0 Å². The Morgan fingerprint density at radius 1 is 1.04 bits per heavy atom. The molecule has 54 heavy (non-hydrogen) atoms. The molecule has 8 atom stereocenters. The molecule has 1 saturated carbocycles. The number of hydrogen-bond acceptors (Lipinski definition) is 7. The second-order valence-electron chi connectivity index (χ2n) is 17.6. The molecule has 294 valence electrons. The van der Waals surface area contributed by atoms with Gasteiger partial charge in [0.1, 0.15) is 11.4 Å². The van der Waals surface area contributed by atoms with Crippen LogP contribution in [0.15, 0.2) is 48.6 Å². The first-order chi connectivity index (χ1) is 26.0. The standard InChI is InChI=1S/C44H61ClN4O4S/c1-31-10-8-20-44(52-3,29-47-22-23-48-21-7-5-6-12-37(48)27-47)39-16-13-35(39)26-49-28-43(19-9-11-33-24-36(45)15-17-38(33)43)30-53-41-18-14-34(25-40(41)49)42(50)46-54(4,51)32(31)2/h8,14-15,17-18,20,24-25,31-32,35,37,39H,4-7,9-13,16,19,21-23,26-30H2,1-3H3,(H,46,50,51)/b20-8+/t31-,32+,35-,37-,39+,43-,44-,54?/m0/s1. The number of rotatable bonds is 3. The molecular formula is C44H61ClN4O4S. The summed E-state index contributed by atoms with van der Waals surface area (Å²) < 4.78 is 30.6. The maximum atomic E-state index is 14.1. The van der Waals surface area contributed by atoms with Crippen molar-refractivity contribution in [1.29, 1.82) is 0 Å². The Bertz CT molecular complexity index is 1850. The van der Waals surface area contributed by atoms with Crippen LogP contribution in [-0.4, -0.2) is 102 Å². The van der Waals surface area contributed by atoms with Gasteiger partial charge in [-0.15, -0.1) is 0 Å². The number of anilines is 1. The summed E-state index contributed by atoms with van der Waals surface area (Å²) in [4.78, 5) is 21.8. The van der Waals surface area contributed by atoms with E-state index in [-0.39, 0.29) is 22.5 Å². The van der Waals surface area contributed by atoms with E-state index >= 15 is 0 Å². The van der Waals surface area contributed by atoms with E-state index in [1.165, 1.54) is 43.4 Å². The number of carbonyl (C=O) groups is 1. The summed E-state index contributed by atoms with van der Waals surface area (Å²) in [6.45, 7) is 11.6. The zero-order valence-corrected chi connectivity index (χ0v) is 34.3. The molecule has 10 heteroatoms. The Balaban J connectivity index is 1.18. The summed E-state index contributed by atoms with van der Waals surface area (Å²) in [6, 6.07) is 12.7. The number of amides is 1. The Hall–Kier alpha value is -2.56. The quantitative estimate of drug-likeness (QED) is 0.263. The average molecular weight is 778 g/mol. The molecule has 1 amide bonds. The first-order valence-corrected chi connectivity index (χ1v) is 22.8. The molecule has 4 heterocycles.